The zero-order chi connectivity index (χ0) is 17.8. The van der Waals surface area contributed by atoms with Crippen LogP contribution in [0.1, 0.15) is 16.8 Å². The maximum Gasteiger partial charge on any atom is 0.266 e. The lowest BCUT2D eigenvalue weighted by Gasteiger charge is -2.21. The van der Waals surface area contributed by atoms with Gasteiger partial charge in [0.1, 0.15) is 11.6 Å². The SMILES string of the molecule is Cc1nn(-c2ccccc2)c(N)c1[C@]1(O)C(=O)Nc2ccc(F)cc21. The molecule has 0 radical (unpaired) electrons. The van der Waals surface area contributed by atoms with E-state index in [4.69, 9.17) is 5.73 Å². The predicted molar refractivity (Wildman–Crippen MR) is 90.7 cm³/mol. The number of nitrogens with zero attached hydrogens (tertiary/aromatic N) is 2. The number of hydrogen-bond donors (Lipinski definition) is 3. The van der Waals surface area contributed by atoms with Crippen molar-refractivity contribution in [3.05, 3.63) is 71.2 Å². The van der Waals surface area contributed by atoms with Crippen LogP contribution >= 0.6 is 0 Å². The highest BCUT2D eigenvalue weighted by atomic mass is 19.1. The van der Waals surface area contributed by atoms with Crippen molar-refractivity contribution >= 4 is 17.4 Å². The molecule has 126 valence electrons. The number of para-hydroxylation sites is 1. The maximum atomic E-state index is 13.7. The van der Waals surface area contributed by atoms with E-state index < -0.39 is 17.3 Å². The molecule has 1 aromatic heterocycles. The van der Waals surface area contributed by atoms with E-state index in [1.54, 1.807) is 19.1 Å². The summed E-state index contributed by atoms with van der Waals surface area (Å²) in [6.45, 7) is 1.65. The summed E-state index contributed by atoms with van der Waals surface area (Å²) in [5, 5.41) is 18.1. The van der Waals surface area contributed by atoms with Crippen molar-refractivity contribution in [2.75, 3.05) is 11.1 Å². The lowest BCUT2D eigenvalue weighted by molar-refractivity contribution is -0.129. The van der Waals surface area contributed by atoms with Gasteiger partial charge in [-0.2, -0.15) is 5.10 Å². The lowest BCUT2D eigenvalue weighted by Crippen LogP contribution is -2.36. The number of rotatable bonds is 2. The van der Waals surface area contributed by atoms with Crippen molar-refractivity contribution in [3.8, 4) is 5.69 Å². The first kappa shape index (κ1) is 15.3. The fraction of sp³-hybridized carbons (Fsp3) is 0.111. The fourth-order valence-electron chi connectivity index (χ4n) is 3.27. The Morgan fingerprint density at radius 1 is 1.24 bits per heavy atom. The first-order valence-corrected chi connectivity index (χ1v) is 7.67. The van der Waals surface area contributed by atoms with Gasteiger partial charge < -0.3 is 16.2 Å². The molecule has 0 bridgehead atoms. The molecule has 1 aliphatic heterocycles. The van der Waals surface area contributed by atoms with Crippen LogP contribution in [0.5, 0.6) is 0 Å². The number of aromatic nitrogens is 2. The second-order valence-corrected chi connectivity index (χ2v) is 5.95. The molecule has 4 rings (SSSR count). The number of fused-ring (bicyclic) bond motifs is 1. The molecule has 4 N–H and O–H groups in total. The van der Waals surface area contributed by atoms with E-state index in [-0.39, 0.29) is 16.9 Å². The van der Waals surface area contributed by atoms with Crippen LogP contribution < -0.4 is 11.1 Å². The number of nitrogen functional groups attached to an aromatic ring is 1. The molecule has 0 spiro atoms. The molecule has 0 aliphatic carbocycles. The van der Waals surface area contributed by atoms with Gasteiger partial charge >= 0.3 is 0 Å². The Hall–Kier alpha value is -3.19. The van der Waals surface area contributed by atoms with E-state index in [9.17, 15) is 14.3 Å². The molecule has 1 aliphatic rings. The molecule has 0 fully saturated rings. The molecule has 0 saturated carbocycles. The summed E-state index contributed by atoms with van der Waals surface area (Å²) in [4.78, 5) is 12.5. The number of amides is 1. The highest BCUT2D eigenvalue weighted by Gasteiger charge is 2.50. The van der Waals surface area contributed by atoms with Crippen LogP contribution in [0.2, 0.25) is 0 Å². The Morgan fingerprint density at radius 3 is 2.68 bits per heavy atom. The van der Waals surface area contributed by atoms with E-state index in [1.807, 2.05) is 18.2 Å². The monoisotopic (exact) mass is 338 g/mol. The summed E-state index contributed by atoms with van der Waals surface area (Å²) in [5.41, 5.74) is 5.83. The van der Waals surface area contributed by atoms with Crippen LogP contribution in [-0.4, -0.2) is 20.8 Å². The number of nitrogens with one attached hydrogen (secondary N) is 1. The Labute approximate surface area is 142 Å². The molecule has 0 saturated heterocycles. The number of aryl methyl sites for hydroxylation is 1. The molecule has 0 unspecified atom stereocenters. The van der Waals surface area contributed by atoms with Gasteiger partial charge in [-0.25, -0.2) is 9.07 Å². The maximum absolute atomic E-state index is 13.7. The molecule has 7 heteroatoms. The van der Waals surface area contributed by atoms with E-state index in [1.165, 1.54) is 16.8 Å². The van der Waals surface area contributed by atoms with Crippen molar-refractivity contribution in [1.82, 2.24) is 9.78 Å². The molecule has 25 heavy (non-hydrogen) atoms. The van der Waals surface area contributed by atoms with E-state index in [0.29, 0.717) is 17.1 Å². The minimum absolute atomic E-state index is 0.124. The molecular formula is C18H15FN4O2. The van der Waals surface area contributed by atoms with Gasteiger partial charge in [-0.1, -0.05) is 18.2 Å². The number of halogens is 1. The summed E-state index contributed by atoms with van der Waals surface area (Å²) >= 11 is 0. The predicted octanol–water partition coefficient (Wildman–Crippen LogP) is 2.09. The van der Waals surface area contributed by atoms with Gasteiger partial charge in [0.2, 0.25) is 5.60 Å². The highest BCUT2D eigenvalue weighted by molar-refractivity contribution is 6.08. The second-order valence-electron chi connectivity index (χ2n) is 5.95. The van der Waals surface area contributed by atoms with Crippen LogP contribution in [0, 0.1) is 12.7 Å². The Bertz CT molecular complexity index is 1000. The normalized spacial score (nSPS) is 18.9. The molecule has 2 aromatic carbocycles. The second kappa shape index (κ2) is 5.15. The number of nitrogens with two attached hydrogens (primary N) is 1. The van der Waals surface area contributed by atoms with Crippen LogP contribution in [0.15, 0.2) is 48.5 Å². The number of anilines is 2. The largest absolute Gasteiger partial charge is 0.383 e. The fourth-order valence-corrected chi connectivity index (χ4v) is 3.27. The Balaban J connectivity index is 1.96. The standard InChI is InChI=1S/C18H15FN4O2/c1-10-15(16(20)23(22-10)12-5-3-2-4-6-12)18(25)13-9-11(19)7-8-14(13)21-17(18)24/h2-9,25H,20H2,1H3,(H,21,24)/t18-/m0/s1. The lowest BCUT2D eigenvalue weighted by atomic mass is 9.87. The van der Waals surface area contributed by atoms with Gasteiger partial charge in [0.05, 0.1) is 16.9 Å². The van der Waals surface area contributed by atoms with E-state index in [0.717, 1.165) is 6.07 Å². The molecule has 3 aromatic rings. The molecule has 6 nitrogen and oxygen atoms in total. The highest BCUT2D eigenvalue weighted by Crippen LogP contribution is 2.44. The number of carbonyl (C=O) groups is 1. The topological polar surface area (TPSA) is 93.2 Å². The molecule has 2 heterocycles. The van der Waals surface area contributed by atoms with Gasteiger partial charge in [0.15, 0.2) is 0 Å². The summed E-state index contributed by atoms with van der Waals surface area (Å²) in [6.07, 6.45) is 0. The smallest absolute Gasteiger partial charge is 0.266 e. The quantitative estimate of drug-likeness (QED) is 0.667. The van der Waals surface area contributed by atoms with Crippen LogP contribution in [0.25, 0.3) is 5.69 Å². The van der Waals surface area contributed by atoms with Gasteiger partial charge in [0.25, 0.3) is 5.91 Å². The summed E-state index contributed by atoms with van der Waals surface area (Å²) in [5.74, 6) is -1.12. The first-order chi connectivity index (χ1) is 11.9. The number of aliphatic hydroxyl groups is 1. The van der Waals surface area contributed by atoms with Gasteiger partial charge in [0, 0.05) is 11.3 Å². The summed E-state index contributed by atoms with van der Waals surface area (Å²) in [6, 6.07) is 12.9. The molecule has 1 amide bonds. The van der Waals surface area contributed by atoms with Crippen LogP contribution in [-0.2, 0) is 10.4 Å². The number of hydrogen-bond acceptors (Lipinski definition) is 4. The van der Waals surface area contributed by atoms with Crippen molar-refractivity contribution in [1.29, 1.82) is 0 Å². The third kappa shape index (κ3) is 2.06. The average Bonchev–Trinajstić information content (AvgIpc) is 3.03. The number of carbonyl (C=O) groups excluding carboxylic acids is 1. The van der Waals surface area contributed by atoms with Crippen LogP contribution in [0.3, 0.4) is 0 Å². The average molecular weight is 338 g/mol. The van der Waals surface area contributed by atoms with Gasteiger partial charge in [-0.05, 0) is 37.3 Å². The first-order valence-electron chi connectivity index (χ1n) is 7.67. The van der Waals surface area contributed by atoms with Crippen molar-refractivity contribution in [2.45, 2.75) is 12.5 Å². The van der Waals surface area contributed by atoms with Crippen molar-refractivity contribution in [2.24, 2.45) is 0 Å². The Kier molecular flexibility index (Phi) is 3.16. The third-order valence-electron chi connectivity index (χ3n) is 4.41. The third-order valence-corrected chi connectivity index (χ3v) is 4.41. The van der Waals surface area contributed by atoms with Gasteiger partial charge in [-0.3, -0.25) is 4.79 Å². The van der Waals surface area contributed by atoms with Gasteiger partial charge in [-0.15, -0.1) is 0 Å². The van der Waals surface area contributed by atoms with Crippen LogP contribution in [0.4, 0.5) is 15.9 Å². The summed E-state index contributed by atoms with van der Waals surface area (Å²) < 4.78 is 15.2. The minimum atomic E-state index is -2.10. The van der Waals surface area contributed by atoms with E-state index >= 15 is 0 Å². The number of benzene rings is 2. The van der Waals surface area contributed by atoms with E-state index in [2.05, 4.69) is 10.4 Å². The zero-order valence-electron chi connectivity index (χ0n) is 13.3. The molecular weight excluding hydrogens is 323 g/mol. The Morgan fingerprint density at radius 2 is 1.96 bits per heavy atom. The summed E-state index contributed by atoms with van der Waals surface area (Å²) in [7, 11) is 0. The minimum Gasteiger partial charge on any atom is -0.383 e. The zero-order valence-corrected chi connectivity index (χ0v) is 13.3. The van der Waals surface area contributed by atoms with Crippen molar-refractivity contribution in [3.63, 3.8) is 0 Å². The molecule has 1 atom stereocenters. The van der Waals surface area contributed by atoms with Crippen molar-refractivity contribution < 1.29 is 14.3 Å².